The van der Waals surface area contributed by atoms with Gasteiger partial charge in [-0.3, -0.25) is 4.79 Å². The molecular formula is C13H19N3O. The van der Waals surface area contributed by atoms with Gasteiger partial charge in [-0.1, -0.05) is 25.5 Å². The molecule has 1 amide bonds. The monoisotopic (exact) mass is 233 g/mol. The van der Waals surface area contributed by atoms with Crippen LogP contribution in [0.25, 0.3) is 0 Å². The predicted octanol–water partition coefficient (Wildman–Crippen LogP) is 2.30. The van der Waals surface area contributed by atoms with Gasteiger partial charge in [-0.15, -0.1) is 0 Å². The van der Waals surface area contributed by atoms with Gasteiger partial charge >= 0.3 is 0 Å². The van der Waals surface area contributed by atoms with Gasteiger partial charge in [0.1, 0.15) is 0 Å². The third-order valence-corrected chi connectivity index (χ3v) is 2.41. The summed E-state index contributed by atoms with van der Waals surface area (Å²) in [6.07, 6.45) is 2.41. The standard InChI is InChI=1S/C13H19N3O/c1-3-4-8-13(17)16-15-10(2)11-6-5-7-12(14)9-11/h5-7,9H,3-4,8,14H2,1-2H3,(H,16,17). The Hall–Kier alpha value is -1.84. The number of benzene rings is 1. The lowest BCUT2D eigenvalue weighted by molar-refractivity contribution is -0.121. The molecule has 0 atom stereocenters. The number of hydrogen-bond donors (Lipinski definition) is 2. The topological polar surface area (TPSA) is 67.5 Å². The summed E-state index contributed by atoms with van der Waals surface area (Å²) in [6, 6.07) is 7.42. The third-order valence-electron chi connectivity index (χ3n) is 2.41. The Morgan fingerprint density at radius 1 is 1.47 bits per heavy atom. The molecule has 0 aliphatic carbocycles. The summed E-state index contributed by atoms with van der Waals surface area (Å²) in [5.74, 6) is -0.0462. The first-order chi connectivity index (χ1) is 8.13. The molecule has 0 aliphatic rings. The number of nitrogens with zero attached hydrogens (tertiary/aromatic N) is 1. The van der Waals surface area contributed by atoms with Crippen molar-refractivity contribution in [1.29, 1.82) is 0 Å². The number of hydrogen-bond acceptors (Lipinski definition) is 3. The molecule has 1 aromatic carbocycles. The van der Waals surface area contributed by atoms with E-state index in [9.17, 15) is 4.79 Å². The first-order valence-corrected chi connectivity index (χ1v) is 5.82. The van der Waals surface area contributed by atoms with Crippen LogP contribution in [0.1, 0.15) is 38.7 Å². The van der Waals surface area contributed by atoms with Crippen LogP contribution in [0.2, 0.25) is 0 Å². The Balaban J connectivity index is 2.57. The van der Waals surface area contributed by atoms with Gasteiger partial charge in [0.05, 0.1) is 5.71 Å². The highest BCUT2D eigenvalue weighted by molar-refractivity contribution is 5.99. The van der Waals surface area contributed by atoms with Crippen molar-refractivity contribution in [2.24, 2.45) is 5.10 Å². The van der Waals surface area contributed by atoms with Crippen LogP contribution < -0.4 is 11.2 Å². The van der Waals surface area contributed by atoms with Crippen LogP contribution in [0.3, 0.4) is 0 Å². The van der Waals surface area contributed by atoms with Crippen LogP contribution in [0.15, 0.2) is 29.4 Å². The molecule has 0 aliphatic heterocycles. The van der Waals surface area contributed by atoms with E-state index < -0.39 is 0 Å². The highest BCUT2D eigenvalue weighted by Gasteiger charge is 2.00. The molecule has 17 heavy (non-hydrogen) atoms. The highest BCUT2D eigenvalue weighted by atomic mass is 16.2. The summed E-state index contributed by atoms with van der Waals surface area (Å²) in [7, 11) is 0. The molecule has 1 aromatic rings. The molecule has 0 fully saturated rings. The molecule has 0 unspecified atom stereocenters. The van der Waals surface area contributed by atoms with Crippen molar-refractivity contribution in [3.05, 3.63) is 29.8 Å². The van der Waals surface area contributed by atoms with E-state index in [4.69, 9.17) is 5.73 Å². The second-order valence-corrected chi connectivity index (χ2v) is 3.96. The van der Waals surface area contributed by atoms with E-state index in [1.807, 2.05) is 31.2 Å². The van der Waals surface area contributed by atoms with Crippen molar-refractivity contribution in [2.75, 3.05) is 5.73 Å². The summed E-state index contributed by atoms with van der Waals surface area (Å²) in [5.41, 5.74) is 10.6. The second-order valence-electron chi connectivity index (χ2n) is 3.96. The van der Waals surface area contributed by atoms with Gasteiger partial charge in [0.25, 0.3) is 0 Å². The largest absolute Gasteiger partial charge is 0.399 e. The summed E-state index contributed by atoms with van der Waals surface area (Å²) < 4.78 is 0. The van der Waals surface area contributed by atoms with Crippen molar-refractivity contribution in [2.45, 2.75) is 33.1 Å². The first-order valence-electron chi connectivity index (χ1n) is 5.82. The minimum atomic E-state index is -0.0462. The molecule has 4 nitrogen and oxygen atoms in total. The van der Waals surface area contributed by atoms with E-state index in [1.54, 1.807) is 0 Å². The molecule has 0 saturated carbocycles. The van der Waals surface area contributed by atoms with Crippen molar-refractivity contribution >= 4 is 17.3 Å². The number of nitrogens with one attached hydrogen (secondary N) is 1. The van der Waals surface area contributed by atoms with Crippen LogP contribution in [0.4, 0.5) is 5.69 Å². The number of carbonyl (C=O) groups excluding carboxylic acids is 1. The summed E-state index contributed by atoms with van der Waals surface area (Å²) >= 11 is 0. The van der Waals surface area contributed by atoms with E-state index >= 15 is 0 Å². The van der Waals surface area contributed by atoms with Crippen LogP contribution in [-0.2, 0) is 4.79 Å². The van der Waals surface area contributed by atoms with Gasteiger partial charge in [0.15, 0.2) is 0 Å². The number of hydrazone groups is 1. The molecule has 92 valence electrons. The molecule has 0 aromatic heterocycles. The second kappa shape index (κ2) is 6.68. The van der Waals surface area contributed by atoms with Crippen molar-refractivity contribution in [3.63, 3.8) is 0 Å². The Morgan fingerprint density at radius 3 is 2.88 bits per heavy atom. The Bertz CT molecular complexity index is 413. The molecule has 1 rings (SSSR count). The number of amides is 1. The maximum atomic E-state index is 11.4. The maximum Gasteiger partial charge on any atom is 0.240 e. The normalized spacial score (nSPS) is 11.3. The molecule has 0 spiro atoms. The number of nitrogen functional groups attached to an aromatic ring is 1. The minimum Gasteiger partial charge on any atom is -0.399 e. The fourth-order valence-electron chi connectivity index (χ4n) is 1.37. The van der Waals surface area contributed by atoms with Gasteiger partial charge in [0, 0.05) is 12.1 Å². The summed E-state index contributed by atoms with van der Waals surface area (Å²) in [4.78, 5) is 11.4. The van der Waals surface area contributed by atoms with E-state index in [0.717, 1.165) is 24.1 Å². The predicted molar refractivity (Wildman–Crippen MR) is 70.7 cm³/mol. The van der Waals surface area contributed by atoms with Crippen molar-refractivity contribution in [3.8, 4) is 0 Å². The zero-order valence-corrected chi connectivity index (χ0v) is 10.4. The molecule has 0 saturated heterocycles. The Labute approximate surface area is 102 Å². The molecule has 0 bridgehead atoms. The average molecular weight is 233 g/mol. The number of rotatable bonds is 5. The first kappa shape index (κ1) is 13.2. The number of nitrogens with two attached hydrogens (primary N) is 1. The maximum absolute atomic E-state index is 11.4. The zero-order valence-electron chi connectivity index (χ0n) is 10.4. The smallest absolute Gasteiger partial charge is 0.240 e. The number of carbonyl (C=O) groups is 1. The van der Waals surface area contributed by atoms with Gasteiger partial charge in [-0.05, 0) is 31.0 Å². The molecule has 3 N–H and O–H groups in total. The van der Waals surface area contributed by atoms with Gasteiger partial charge in [-0.2, -0.15) is 5.10 Å². The third kappa shape index (κ3) is 4.68. The number of anilines is 1. The SMILES string of the molecule is CCCCC(=O)NN=C(C)c1cccc(N)c1. The number of unbranched alkanes of at least 4 members (excludes halogenated alkanes) is 1. The van der Waals surface area contributed by atoms with Gasteiger partial charge in [-0.25, -0.2) is 5.43 Å². The quantitative estimate of drug-likeness (QED) is 0.465. The Kier molecular flexibility index (Phi) is 5.20. The lowest BCUT2D eigenvalue weighted by Gasteiger charge is -2.03. The van der Waals surface area contributed by atoms with Crippen molar-refractivity contribution in [1.82, 2.24) is 5.43 Å². The van der Waals surface area contributed by atoms with E-state index in [2.05, 4.69) is 17.5 Å². The summed E-state index contributed by atoms with van der Waals surface area (Å²) in [6.45, 7) is 3.89. The van der Waals surface area contributed by atoms with Crippen LogP contribution in [-0.4, -0.2) is 11.6 Å². The molecule has 0 heterocycles. The average Bonchev–Trinajstić information content (AvgIpc) is 2.33. The van der Waals surface area contributed by atoms with Crippen LogP contribution in [0.5, 0.6) is 0 Å². The zero-order chi connectivity index (χ0) is 12.7. The van der Waals surface area contributed by atoms with Gasteiger partial charge in [0.2, 0.25) is 5.91 Å². The Morgan fingerprint density at radius 2 is 2.24 bits per heavy atom. The summed E-state index contributed by atoms with van der Waals surface area (Å²) in [5, 5.41) is 4.05. The van der Waals surface area contributed by atoms with Crippen LogP contribution in [0, 0.1) is 0 Å². The molecular weight excluding hydrogens is 214 g/mol. The lowest BCUT2D eigenvalue weighted by Crippen LogP contribution is -2.18. The van der Waals surface area contributed by atoms with E-state index in [-0.39, 0.29) is 5.91 Å². The van der Waals surface area contributed by atoms with E-state index in [0.29, 0.717) is 12.1 Å². The fraction of sp³-hybridized carbons (Fsp3) is 0.385. The van der Waals surface area contributed by atoms with Crippen LogP contribution >= 0.6 is 0 Å². The highest BCUT2D eigenvalue weighted by Crippen LogP contribution is 2.07. The molecule has 4 heteroatoms. The van der Waals surface area contributed by atoms with Crippen molar-refractivity contribution < 1.29 is 4.79 Å². The minimum absolute atomic E-state index is 0.0462. The van der Waals surface area contributed by atoms with Gasteiger partial charge < -0.3 is 5.73 Å². The van der Waals surface area contributed by atoms with E-state index in [1.165, 1.54) is 0 Å². The lowest BCUT2D eigenvalue weighted by atomic mass is 10.1. The molecule has 0 radical (unpaired) electrons. The fourth-order valence-corrected chi connectivity index (χ4v) is 1.37.